The van der Waals surface area contributed by atoms with Crippen LogP contribution in [0.1, 0.15) is 30.5 Å². The maximum absolute atomic E-state index is 13.0. The largest absolute Gasteiger partial charge is 0.379 e. The second kappa shape index (κ2) is 11.3. The zero-order valence-corrected chi connectivity index (χ0v) is 24.4. The minimum Gasteiger partial charge on any atom is -0.379 e. The Morgan fingerprint density at radius 2 is 1.71 bits per heavy atom. The number of fused-ring (bicyclic) bond motifs is 2. The number of aromatic nitrogens is 2. The van der Waals surface area contributed by atoms with Crippen molar-refractivity contribution >= 4 is 38.1 Å². The van der Waals surface area contributed by atoms with Crippen LogP contribution < -0.4 is 16.0 Å². The number of ether oxygens (including phenoxy) is 1. The van der Waals surface area contributed by atoms with Crippen LogP contribution in [0.25, 0.3) is 22.0 Å². The van der Waals surface area contributed by atoms with Gasteiger partial charge in [0.15, 0.2) is 0 Å². The van der Waals surface area contributed by atoms with Gasteiger partial charge in [-0.15, -0.1) is 0 Å². The Morgan fingerprint density at radius 3 is 2.50 bits per heavy atom. The van der Waals surface area contributed by atoms with Crippen LogP contribution in [0.15, 0.2) is 65.7 Å². The number of rotatable bonds is 6. The molecule has 10 heteroatoms. The van der Waals surface area contributed by atoms with Crippen LogP contribution in [0.3, 0.4) is 0 Å². The van der Waals surface area contributed by atoms with Gasteiger partial charge in [0.1, 0.15) is 5.82 Å². The summed E-state index contributed by atoms with van der Waals surface area (Å²) in [5.41, 5.74) is 14.3. The second-order valence-electron chi connectivity index (χ2n) is 11.4. The van der Waals surface area contributed by atoms with E-state index < -0.39 is 10.0 Å². The number of sulfonamides is 1. The molecule has 0 radical (unpaired) electrons. The maximum Gasteiger partial charge on any atom is 0.243 e. The molecule has 3 aliphatic rings. The van der Waals surface area contributed by atoms with Gasteiger partial charge in [0.05, 0.1) is 29.3 Å². The molecule has 0 saturated carbocycles. The van der Waals surface area contributed by atoms with Crippen molar-refractivity contribution < 1.29 is 13.2 Å². The fourth-order valence-electron chi connectivity index (χ4n) is 6.40. The zero-order valence-electron chi connectivity index (χ0n) is 23.6. The molecule has 2 aromatic carbocycles. The Kier molecular flexibility index (Phi) is 7.31. The van der Waals surface area contributed by atoms with Gasteiger partial charge in [0.25, 0.3) is 0 Å². The smallest absolute Gasteiger partial charge is 0.243 e. The van der Waals surface area contributed by atoms with E-state index in [9.17, 15) is 8.42 Å². The van der Waals surface area contributed by atoms with Crippen LogP contribution in [-0.2, 0) is 27.6 Å². The molecule has 0 spiro atoms. The average Bonchev–Trinajstić information content (AvgIpc) is 3.46. The molecule has 9 nitrogen and oxygen atoms in total. The van der Waals surface area contributed by atoms with Crippen molar-refractivity contribution in [3.05, 3.63) is 72.1 Å². The maximum atomic E-state index is 13.0. The summed E-state index contributed by atoms with van der Waals surface area (Å²) in [4.78, 5) is 12.4. The highest BCUT2D eigenvalue weighted by Gasteiger charge is 2.28. The number of aryl methyl sites for hydroxylation is 1. The number of hydrogen-bond donors (Lipinski definition) is 2. The average molecular weight is 585 g/mol. The van der Waals surface area contributed by atoms with E-state index in [0.717, 1.165) is 54.7 Å². The number of nitrogens with two attached hydrogens (primary N) is 1. The van der Waals surface area contributed by atoms with E-state index in [-0.39, 0.29) is 10.9 Å². The minimum absolute atomic E-state index is 0.206. The Labute approximate surface area is 246 Å². The van der Waals surface area contributed by atoms with Gasteiger partial charge in [-0.25, -0.2) is 13.4 Å². The van der Waals surface area contributed by atoms with Gasteiger partial charge in [-0.1, -0.05) is 6.07 Å². The Hall–Kier alpha value is -3.57. The topological polar surface area (TPSA) is 114 Å². The molecule has 0 bridgehead atoms. The molecule has 2 fully saturated rings. The molecule has 42 heavy (non-hydrogen) atoms. The Morgan fingerprint density at radius 1 is 0.929 bits per heavy atom. The molecule has 1 aliphatic carbocycles. The van der Waals surface area contributed by atoms with Gasteiger partial charge in [-0.05, 0) is 97.3 Å². The summed E-state index contributed by atoms with van der Waals surface area (Å²) < 4.78 is 32.7. The highest BCUT2D eigenvalue weighted by atomic mass is 32.2. The molecule has 0 unspecified atom stereocenters. The van der Waals surface area contributed by atoms with Crippen molar-refractivity contribution in [3.8, 4) is 11.1 Å². The van der Waals surface area contributed by atoms with Crippen LogP contribution in [0.5, 0.6) is 0 Å². The number of hydrogen-bond acceptors (Lipinski definition) is 8. The standard InChI is InChI=1S/C32H36N6O3S/c33-24-12-14-37(21-24)32-27-3-1-2-4-29(27)36-30-10-5-22(19-28(30)32)23-11-13-34-31(20-23)35-25-6-8-26(9-7-25)42(39,40)38-15-17-41-18-16-38/h5-11,13,19-20,24H,1-4,12,14-18,21,33H2,(H,34,35)/t24-/m1/s1. The number of nitrogens with zero attached hydrogens (tertiary/aromatic N) is 4. The van der Waals surface area contributed by atoms with Crippen LogP contribution in [0.4, 0.5) is 17.2 Å². The highest BCUT2D eigenvalue weighted by molar-refractivity contribution is 7.89. The van der Waals surface area contributed by atoms with E-state index in [4.69, 9.17) is 15.5 Å². The lowest BCUT2D eigenvalue weighted by Gasteiger charge is -2.28. The first-order valence-electron chi connectivity index (χ1n) is 14.8. The Balaban J connectivity index is 1.17. The van der Waals surface area contributed by atoms with Gasteiger partial charge < -0.3 is 20.7 Å². The number of benzene rings is 2. The van der Waals surface area contributed by atoms with Crippen molar-refractivity contribution in [1.29, 1.82) is 0 Å². The SMILES string of the molecule is N[C@@H]1CCN(c2c3c(nc4ccc(-c5ccnc(Nc6ccc(S(=O)(=O)N7CCOCC7)cc6)c5)cc24)CCCC3)C1. The molecule has 2 aromatic heterocycles. The molecule has 2 aliphatic heterocycles. The first kappa shape index (κ1) is 27.3. The van der Waals surface area contributed by atoms with Crippen LogP contribution in [-0.4, -0.2) is 68.1 Å². The summed E-state index contributed by atoms with van der Waals surface area (Å²) in [7, 11) is -3.54. The normalized spacial score (nSPS) is 19.6. The number of anilines is 3. The van der Waals surface area contributed by atoms with Gasteiger partial charge in [0, 0.05) is 55.2 Å². The molecule has 4 aromatic rings. The van der Waals surface area contributed by atoms with E-state index in [2.05, 4.69) is 33.4 Å². The van der Waals surface area contributed by atoms with Crippen molar-refractivity contribution in [2.75, 3.05) is 49.6 Å². The second-order valence-corrected chi connectivity index (χ2v) is 13.4. The van der Waals surface area contributed by atoms with Crippen LogP contribution in [0, 0.1) is 0 Å². The van der Waals surface area contributed by atoms with Crippen LogP contribution >= 0.6 is 0 Å². The number of nitrogens with one attached hydrogen (secondary N) is 1. The quantitative estimate of drug-likeness (QED) is 0.341. The first-order valence-corrected chi connectivity index (χ1v) is 16.3. The number of pyridine rings is 2. The van der Waals surface area contributed by atoms with E-state index in [1.54, 1.807) is 30.5 Å². The third-order valence-electron chi connectivity index (χ3n) is 8.60. The fraction of sp³-hybridized carbons (Fsp3) is 0.375. The van der Waals surface area contributed by atoms with Crippen molar-refractivity contribution in [2.45, 2.75) is 43.0 Å². The van der Waals surface area contributed by atoms with E-state index in [1.165, 1.54) is 39.5 Å². The molecule has 0 amide bonds. The number of morpholine rings is 1. The van der Waals surface area contributed by atoms with Crippen molar-refractivity contribution in [2.24, 2.45) is 5.73 Å². The van der Waals surface area contributed by atoms with Gasteiger partial charge in [-0.2, -0.15) is 4.31 Å². The lowest BCUT2D eigenvalue weighted by molar-refractivity contribution is 0.0730. The molecule has 218 valence electrons. The molecular formula is C32H36N6O3S. The third-order valence-corrected chi connectivity index (χ3v) is 10.5. The summed E-state index contributed by atoms with van der Waals surface area (Å²) >= 11 is 0. The lowest BCUT2D eigenvalue weighted by atomic mass is 9.91. The van der Waals surface area contributed by atoms with Gasteiger partial charge in [0.2, 0.25) is 10.0 Å². The Bertz CT molecular complexity index is 1720. The van der Waals surface area contributed by atoms with E-state index in [0.29, 0.717) is 32.1 Å². The summed E-state index contributed by atoms with van der Waals surface area (Å²) in [6.07, 6.45) is 7.31. The minimum atomic E-state index is -3.54. The summed E-state index contributed by atoms with van der Waals surface area (Å²) in [5.74, 6) is 0.686. The molecule has 7 rings (SSSR count). The van der Waals surface area contributed by atoms with Gasteiger partial charge >= 0.3 is 0 Å². The molecule has 1 atom stereocenters. The molecule has 2 saturated heterocycles. The third kappa shape index (κ3) is 5.24. The monoisotopic (exact) mass is 584 g/mol. The molecule has 4 heterocycles. The van der Waals surface area contributed by atoms with Crippen LogP contribution in [0.2, 0.25) is 0 Å². The summed E-state index contributed by atoms with van der Waals surface area (Å²) in [6, 6.07) is 17.6. The summed E-state index contributed by atoms with van der Waals surface area (Å²) in [5, 5.41) is 4.52. The zero-order chi connectivity index (χ0) is 28.7. The first-order chi connectivity index (χ1) is 20.5. The van der Waals surface area contributed by atoms with E-state index >= 15 is 0 Å². The molecular weight excluding hydrogens is 548 g/mol. The van der Waals surface area contributed by atoms with E-state index in [1.807, 2.05) is 12.1 Å². The fourth-order valence-corrected chi connectivity index (χ4v) is 7.81. The van der Waals surface area contributed by atoms with Crippen molar-refractivity contribution in [1.82, 2.24) is 14.3 Å². The predicted octanol–water partition coefficient (Wildman–Crippen LogP) is 4.48. The van der Waals surface area contributed by atoms with Crippen molar-refractivity contribution in [3.63, 3.8) is 0 Å². The molecule has 3 N–H and O–H groups in total. The van der Waals surface area contributed by atoms with Gasteiger partial charge in [-0.3, -0.25) is 4.98 Å². The lowest BCUT2D eigenvalue weighted by Crippen LogP contribution is -2.40. The highest BCUT2D eigenvalue weighted by Crippen LogP contribution is 2.39. The summed E-state index contributed by atoms with van der Waals surface area (Å²) in [6.45, 7) is 3.45. The predicted molar refractivity (Wildman–Crippen MR) is 166 cm³/mol.